The summed E-state index contributed by atoms with van der Waals surface area (Å²) in [7, 11) is 1.48. The molecule has 5 nitrogen and oxygen atoms in total. The average Bonchev–Trinajstić information content (AvgIpc) is 3.20. The van der Waals surface area contributed by atoms with Crippen molar-refractivity contribution in [2.45, 2.75) is 117 Å². The fourth-order valence-corrected chi connectivity index (χ4v) is 9.94. The highest BCUT2D eigenvalue weighted by molar-refractivity contribution is 5.69. The molecule has 0 aromatic heterocycles. The first-order valence-corrected chi connectivity index (χ1v) is 14.5. The van der Waals surface area contributed by atoms with Crippen LogP contribution in [0.15, 0.2) is 0 Å². The van der Waals surface area contributed by atoms with Crippen molar-refractivity contribution >= 4 is 11.9 Å². The van der Waals surface area contributed by atoms with Gasteiger partial charge in [-0.3, -0.25) is 9.59 Å². The van der Waals surface area contributed by atoms with Gasteiger partial charge in [0.1, 0.15) is 6.10 Å². The third kappa shape index (κ3) is 4.57. The van der Waals surface area contributed by atoms with Crippen molar-refractivity contribution in [1.82, 2.24) is 0 Å². The summed E-state index contributed by atoms with van der Waals surface area (Å²) >= 11 is 0. The van der Waals surface area contributed by atoms with E-state index in [9.17, 15) is 14.7 Å². The summed E-state index contributed by atoms with van der Waals surface area (Å²) in [6, 6.07) is 0. The Balaban J connectivity index is 1.55. The lowest BCUT2D eigenvalue weighted by molar-refractivity contribution is -0.207. The molecule has 4 aliphatic carbocycles. The molecule has 4 saturated carbocycles. The van der Waals surface area contributed by atoms with Crippen LogP contribution >= 0.6 is 0 Å². The summed E-state index contributed by atoms with van der Waals surface area (Å²) in [6.45, 7) is 11.4. The van der Waals surface area contributed by atoms with Gasteiger partial charge < -0.3 is 14.6 Å². The maximum Gasteiger partial charge on any atom is 0.305 e. The Morgan fingerprint density at radius 2 is 1.66 bits per heavy atom. The molecule has 35 heavy (non-hydrogen) atoms. The van der Waals surface area contributed by atoms with E-state index in [4.69, 9.17) is 9.47 Å². The zero-order valence-electron chi connectivity index (χ0n) is 23.1. The van der Waals surface area contributed by atoms with Gasteiger partial charge in [-0.2, -0.15) is 0 Å². The largest absolute Gasteiger partial charge is 0.469 e. The highest BCUT2D eigenvalue weighted by atomic mass is 16.5. The number of aliphatic hydroxyl groups excluding tert-OH is 1. The third-order valence-electron chi connectivity index (χ3n) is 11.7. The van der Waals surface area contributed by atoms with Crippen molar-refractivity contribution in [3.63, 3.8) is 0 Å². The smallest absolute Gasteiger partial charge is 0.305 e. The predicted molar refractivity (Wildman–Crippen MR) is 136 cm³/mol. The number of carbonyl (C=O) groups excluding carboxylic acids is 2. The van der Waals surface area contributed by atoms with E-state index in [2.05, 4.69) is 27.7 Å². The second kappa shape index (κ2) is 10.3. The highest BCUT2D eigenvalue weighted by Gasteiger charge is 2.65. The van der Waals surface area contributed by atoms with E-state index in [0.29, 0.717) is 48.3 Å². The Bertz CT molecular complexity index is 781. The van der Waals surface area contributed by atoms with Crippen molar-refractivity contribution in [2.75, 3.05) is 7.11 Å². The minimum atomic E-state index is -0.266. The molecule has 11 atom stereocenters. The molecule has 0 aliphatic heterocycles. The molecule has 0 saturated heterocycles. The van der Waals surface area contributed by atoms with Gasteiger partial charge in [-0.1, -0.05) is 41.0 Å². The topological polar surface area (TPSA) is 72.8 Å². The molecule has 0 heterocycles. The van der Waals surface area contributed by atoms with Crippen LogP contribution in [0.2, 0.25) is 0 Å². The molecule has 0 aromatic rings. The number of carbonyl (C=O) groups is 2. The summed E-state index contributed by atoms with van der Waals surface area (Å²) in [4.78, 5) is 23.8. The number of ether oxygens (including phenoxy) is 2. The Morgan fingerprint density at radius 1 is 0.971 bits per heavy atom. The van der Waals surface area contributed by atoms with Crippen LogP contribution in [-0.2, 0) is 19.1 Å². The molecule has 0 amide bonds. The summed E-state index contributed by atoms with van der Waals surface area (Å²) in [5, 5.41) is 12.0. The van der Waals surface area contributed by atoms with Crippen LogP contribution in [0.4, 0.5) is 0 Å². The first-order valence-electron chi connectivity index (χ1n) is 14.5. The molecular weight excluding hydrogens is 440 g/mol. The second-order valence-corrected chi connectivity index (χ2v) is 13.0. The van der Waals surface area contributed by atoms with Gasteiger partial charge in [-0.25, -0.2) is 0 Å². The van der Waals surface area contributed by atoms with E-state index >= 15 is 0 Å². The maximum atomic E-state index is 12.0. The van der Waals surface area contributed by atoms with Crippen LogP contribution in [0, 0.1) is 52.3 Å². The predicted octanol–water partition coefficient (Wildman–Crippen LogP) is 6.16. The molecule has 200 valence electrons. The van der Waals surface area contributed by atoms with Crippen molar-refractivity contribution in [1.29, 1.82) is 0 Å². The van der Waals surface area contributed by atoms with E-state index in [0.717, 1.165) is 32.1 Å². The Kier molecular flexibility index (Phi) is 7.96. The molecule has 0 spiro atoms. The standard InChI is InChI=1S/C30H50O5/c1-7-20-24-17-19(35-25(31)8-2)13-15-30(24,5)23-14-16-29(4)21(18(3)9-12-26(32)34-6)10-11-22(29)27(23)28(20)33/h18-24,27-28,33H,7-17H2,1-6H3/t18-,19?,20-,21?,22?,23?,24?,27?,28-,29-,30-/m1/s1. The van der Waals surface area contributed by atoms with Crippen molar-refractivity contribution in [3.05, 3.63) is 0 Å². The normalized spacial score (nSPS) is 45.6. The fraction of sp³-hybridized carbons (Fsp3) is 0.933. The van der Waals surface area contributed by atoms with Crippen LogP contribution in [0.25, 0.3) is 0 Å². The van der Waals surface area contributed by atoms with Crippen LogP contribution in [-0.4, -0.2) is 36.4 Å². The van der Waals surface area contributed by atoms with E-state index in [-0.39, 0.29) is 40.9 Å². The zero-order valence-corrected chi connectivity index (χ0v) is 23.1. The lowest BCUT2D eigenvalue weighted by Crippen LogP contribution is -2.62. The van der Waals surface area contributed by atoms with Gasteiger partial charge in [0.15, 0.2) is 0 Å². The number of methoxy groups -OCH3 is 1. The summed E-state index contributed by atoms with van der Waals surface area (Å²) in [6.07, 6.45) is 10.4. The molecule has 4 aliphatic rings. The first kappa shape index (κ1) is 26.9. The Hall–Kier alpha value is -1.10. The van der Waals surface area contributed by atoms with E-state index < -0.39 is 0 Å². The van der Waals surface area contributed by atoms with E-state index in [1.165, 1.54) is 32.8 Å². The Morgan fingerprint density at radius 3 is 2.31 bits per heavy atom. The van der Waals surface area contributed by atoms with Crippen LogP contribution in [0.5, 0.6) is 0 Å². The van der Waals surface area contributed by atoms with Gasteiger partial charge in [0, 0.05) is 12.8 Å². The number of esters is 2. The first-order chi connectivity index (χ1) is 16.6. The van der Waals surface area contributed by atoms with Gasteiger partial charge in [0.25, 0.3) is 0 Å². The van der Waals surface area contributed by atoms with Gasteiger partial charge in [0.2, 0.25) is 0 Å². The molecule has 0 bridgehead atoms. The molecule has 4 rings (SSSR count). The minimum Gasteiger partial charge on any atom is -0.469 e. The van der Waals surface area contributed by atoms with Crippen LogP contribution < -0.4 is 0 Å². The number of rotatable bonds is 7. The molecule has 5 heteroatoms. The molecule has 0 aromatic carbocycles. The molecule has 6 unspecified atom stereocenters. The maximum absolute atomic E-state index is 12.0. The molecule has 1 N–H and O–H groups in total. The third-order valence-corrected chi connectivity index (χ3v) is 11.7. The Labute approximate surface area is 213 Å². The van der Waals surface area contributed by atoms with Gasteiger partial charge >= 0.3 is 11.9 Å². The van der Waals surface area contributed by atoms with E-state index in [1.54, 1.807) is 0 Å². The van der Waals surface area contributed by atoms with Crippen molar-refractivity contribution in [3.8, 4) is 0 Å². The number of hydrogen-bond donors (Lipinski definition) is 1. The summed E-state index contributed by atoms with van der Waals surface area (Å²) in [5.74, 6) is 3.10. The summed E-state index contributed by atoms with van der Waals surface area (Å²) < 4.78 is 10.7. The lowest BCUT2D eigenvalue weighted by Gasteiger charge is -2.64. The van der Waals surface area contributed by atoms with Gasteiger partial charge in [-0.15, -0.1) is 0 Å². The fourth-order valence-electron chi connectivity index (χ4n) is 9.94. The highest BCUT2D eigenvalue weighted by Crippen LogP contribution is 2.69. The van der Waals surface area contributed by atoms with Crippen LogP contribution in [0.3, 0.4) is 0 Å². The van der Waals surface area contributed by atoms with Crippen molar-refractivity contribution < 1.29 is 24.2 Å². The number of hydrogen-bond acceptors (Lipinski definition) is 5. The SMILES string of the molecule is CCC(=O)OC1CC[C@]2(C)C3CC[C@@]4(C)C(CCC4[C@H](C)CCC(=O)OC)C3[C@H](O)[C@H](CC)C2C1. The van der Waals surface area contributed by atoms with E-state index in [1.807, 2.05) is 6.92 Å². The quantitative estimate of drug-likeness (QED) is 0.433. The molecule has 0 radical (unpaired) electrons. The molecule has 4 fully saturated rings. The number of fused-ring (bicyclic) bond motifs is 5. The number of aliphatic hydroxyl groups is 1. The van der Waals surface area contributed by atoms with Crippen LogP contribution in [0.1, 0.15) is 105 Å². The van der Waals surface area contributed by atoms with Gasteiger partial charge in [-0.05, 0) is 104 Å². The van der Waals surface area contributed by atoms with Gasteiger partial charge in [0.05, 0.1) is 13.2 Å². The summed E-state index contributed by atoms with van der Waals surface area (Å²) in [5.41, 5.74) is 0.461. The lowest BCUT2D eigenvalue weighted by atomic mass is 9.41. The average molecular weight is 491 g/mol. The zero-order chi connectivity index (χ0) is 25.5. The monoisotopic (exact) mass is 490 g/mol. The van der Waals surface area contributed by atoms with Crippen molar-refractivity contribution in [2.24, 2.45) is 52.3 Å². The molecular formula is C30H50O5. The minimum absolute atomic E-state index is 0.0127. The second-order valence-electron chi connectivity index (χ2n) is 13.0.